The molecule has 2 fully saturated rings. The highest BCUT2D eigenvalue weighted by atomic mass is 16.2. The predicted molar refractivity (Wildman–Crippen MR) is 175 cm³/mol. The standard InChI is InChI=1S/C34H46N8O3/c1-3-24(4-2)22-39-15-17-40(18-16-39)32(43)31(20-25-9-10-30-27(19-25)21-35-38-30)37-33(44)41-13-11-28(12-14-41)42-23-26-7-5-6-8-29(26)36-34(42)45/h5-10,19,21,24,28,31H,3-4,11-18,20,22-23H2,1-2H3,(H,35,38)(H,36,45)(H,37,44). The Morgan fingerprint density at radius 1 is 0.978 bits per heavy atom. The molecule has 6 rings (SSSR count). The van der Waals surface area contributed by atoms with Crippen LogP contribution in [0.3, 0.4) is 0 Å². The van der Waals surface area contributed by atoms with Gasteiger partial charge in [-0.25, -0.2) is 9.59 Å². The van der Waals surface area contributed by atoms with Gasteiger partial charge in [-0.2, -0.15) is 5.10 Å². The molecule has 1 unspecified atom stereocenters. The first-order valence-corrected chi connectivity index (χ1v) is 16.6. The Labute approximate surface area is 265 Å². The third-order valence-electron chi connectivity index (χ3n) is 9.95. The highest BCUT2D eigenvalue weighted by molar-refractivity contribution is 5.92. The molecule has 0 radical (unpaired) electrons. The molecule has 2 saturated heterocycles. The summed E-state index contributed by atoms with van der Waals surface area (Å²) in [6.07, 6.45) is 5.90. The number of piperazine rings is 1. The summed E-state index contributed by atoms with van der Waals surface area (Å²) >= 11 is 0. The Kier molecular flexibility index (Phi) is 9.53. The number of rotatable bonds is 9. The molecule has 240 valence electrons. The largest absolute Gasteiger partial charge is 0.338 e. The highest BCUT2D eigenvalue weighted by Gasteiger charge is 2.35. The van der Waals surface area contributed by atoms with Crippen LogP contribution in [0.15, 0.2) is 48.7 Å². The Balaban J connectivity index is 1.09. The summed E-state index contributed by atoms with van der Waals surface area (Å²) in [6.45, 7) is 10.2. The first-order valence-electron chi connectivity index (χ1n) is 16.6. The van der Waals surface area contributed by atoms with Gasteiger partial charge in [-0.15, -0.1) is 0 Å². The fourth-order valence-electron chi connectivity index (χ4n) is 6.98. The molecule has 1 atom stereocenters. The van der Waals surface area contributed by atoms with Gasteiger partial charge in [-0.1, -0.05) is 51.0 Å². The van der Waals surface area contributed by atoms with E-state index in [0.717, 1.165) is 47.4 Å². The van der Waals surface area contributed by atoms with E-state index in [1.165, 1.54) is 12.8 Å². The second-order valence-electron chi connectivity index (χ2n) is 12.7. The molecule has 3 N–H and O–H groups in total. The number of nitrogens with one attached hydrogen (secondary N) is 3. The number of aromatic amines is 1. The van der Waals surface area contributed by atoms with Gasteiger partial charge in [0.05, 0.1) is 11.7 Å². The van der Waals surface area contributed by atoms with Crippen molar-refractivity contribution in [1.29, 1.82) is 0 Å². The third-order valence-corrected chi connectivity index (χ3v) is 9.95. The zero-order chi connectivity index (χ0) is 31.3. The number of para-hydroxylation sites is 1. The Hall–Kier alpha value is -4.12. The van der Waals surface area contributed by atoms with E-state index >= 15 is 0 Å². The molecule has 2 aromatic carbocycles. The van der Waals surface area contributed by atoms with Crippen LogP contribution in [-0.4, -0.2) is 106 Å². The second-order valence-corrected chi connectivity index (χ2v) is 12.7. The number of amides is 5. The SMILES string of the molecule is CCC(CC)CN1CCN(C(=O)C(Cc2ccc3[nH]ncc3c2)NC(=O)N2CCC(N3Cc4ccccc4NC3=O)CC2)CC1. The Bertz CT molecular complexity index is 1490. The first-order chi connectivity index (χ1) is 21.9. The fraction of sp³-hybridized carbons (Fsp3) is 0.529. The molecular weight excluding hydrogens is 568 g/mol. The Morgan fingerprint density at radius 2 is 1.73 bits per heavy atom. The van der Waals surface area contributed by atoms with Gasteiger partial charge >= 0.3 is 12.1 Å². The maximum atomic E-state index is 14.0. The van der Waals surface area contributed by atoms with E-state index in [1.807, 2.05) is 52.3 Å². The maximum Gasteiger partial charge on any atom is 0.322 e. The van der Waals surface area contributed by atoms with E-state index < -0.39 is 6.04 Å². The van der Waals surface area contributed by atoms with Crippen molar-refractivity contribution < 1.29 is 14.4 Å². The van der Waals surface area contributed by atoms with Crippen molar-refractivity contribution in [3.8, 4) is 0 Å². The van der Waals surface area contributed by atoms with Gasteiger partial charge in [0.2, 0.25) is 5.91 Å². The number of carbonyl (C=O) groups is 3. The zero-order valence-electron chi connectivity index (χ0n) is 26.5. The zero-order valence-corrected chi connectivity index (χ0v) is 26.5. The normalized spacial score (nSPS) is 18.6. The number of hydrogen-bond donors (Lipinski definition) is 3. The minimum absolute atomic E-state index is 0.0311. The topological polar surface area (TPSA) is 117 Å². The van der Waals surface area contributed by atoms with Crippen LogP contribution in [0.4, 0.5) is 15.3 Å². The van der Waals surface area contributed by atoms with Crippen molar-refractivity contribution in [3.05, 3.63) is 59.8 Å². The van der Waals surface area contributed by atoms with Gasteiger partial charge in [0.15, 0.2) is 0 Å². The first kappa shape index (κ1) is 30.9. The number of hydrogen-bond acceptors (Lipinski definition) is 5. The van der Waals surface area contributed by atoms with Crippen molar-refractivity contribution in [3.63, 3.8) is 0 Å². The van der Waals surface area contributed by atoms with Crippen molar-refractivity contribution in [2.75, 3.05) is 51.1 Å². The van der Waals surface area contributed by atoms with E-state index in [1.54, 1.807) is 11.1 Å². The fourth-order valence-corrected chi connectivity index (χ4v) is 6.98. The van der Waals surface area contributed by atoms with E-state index in [2.05, 4.69) is 39.6 Å². The molecule has 11 heteroatoms. The molecule has 3 aliphatic heterocycles. The number of H-pyrrole nitrogens is 1. The summed E-state index contributed by atoms with van der Waals surface area (Å²) < 4.78 is 0. The van der Waals surface area contributed by atoms with Crippen molar-refractivity contribution in [2.45, 2.75) is 64.6 Å². The summed E-state index contributed by atoms with van der Waals surface area (Å²) in [5.41, 5.74) is 3.88. The van der Waals surface area contributed by atoms with Crippen LogP contribution in [-0.2, 0) is 17.8 Å². The quantitative estimate of drug-likeness (QED) is 0.333. The highest BCUT2D eigenvalue weighted by Crippen LogP contribution is 2.28. The number of carbonyl (C=O) groups excluding carboxylic acids is 3. The van der Waals surface area contributed by atoms with Gasteiger partial charge in [-0.05, 0) is 48.1 Å². The summed E-state index contributed by atoms with van der Waals surface area (Å²) in [5.74, 6) is 0.651. The lowest BCUT2D eigenvalue weighted by Crippen LogP contribution is -2.58. The molecule has 11 nitrogen and oxygen atoms in total. The average Bonchev–Trinajstić information content (AvgIpc) is 3.55. The lowest BCUT2D eigenvalue weighted by molar-refractivity contribution is -0.135. The number of piperidine rings is 1. The number of likely N-dealkylation sites (tertiary alicyclic amines) is 1. The van der Waals surface area contributed by atoms with E-state index in [-0.39, 0.29) is 24.0 Å². The van der Waals surface area contributed by atoms with Crippen LogP contribution in [0.5, 0.6) is 0 Å². The maximum absolute atomic E-state index is 14.0. The second kappa shape index (κ2) is 13.9. The summed E-state index contributed by atoms with van der Waals surface area (Å²) in [6, 6.07) is 12.9. The summed E-state index contributed by atoms with van der Waals surface area (Å²) in [5, 5.41) is 14.2. The molecule has 4 heterocycles. The number of urea groups is 2. The van der Waals surface area contributed by atoms with Crippen LogP contribution in [0.1, 0.15) is 50.7 Å². The van der Waals surface area contributed by atoms with Crippen LogP contribution in [0.2, 0.25) is 0 Å². The smallest absolute Gasteiger partial charge is 0.322 e. The molecule has 0 saturated carbocycles. The van der Waals surface area contributed by atoms with Gasteiger partial charge in [0.25, 0.3) is 0 Å². The van der Waals surface area contributed by atoms with Gasteiger partial charge < -0.3 is 25.3 Å². The summed E-state index contributed by atoms with van der Waals surface area (Å²) in [4.78, 5) is 48.5. The predicted octanol–water partition coefficient (Wildman–Crippen LogP) is 4.28. The third kappa shape index (κ3) is 7.08. The van der Waals surface area contributed by atoms with E-state index in [0.29, 0.717) is 57.9 Å². The molecular formula is C34H46N8O3. The lowest BCUT2D eigenvalue weighted by atomic mass is 10.0. The molecule has 1 aromatic heterocycles. The van der Waals surface area contributed by atoms with Crippen molar-refractivity contribution >= 4 is 34.6 Å². The monoisotopic (exact) mass is 614 g/mol. The molecule has 3 aromatic rings. The average molecular weight is 615 g/mol. The lowest BCUT2D eigenvalue weighted by Gasteiger charge is -2.41. The van der Waals surface area contributed by atoms with Crippen molar-refractivity contribution in [1.82, 2.24) is 35.1 Å². The van der Waals surface area contributed by atoms with E-state index in [9.17, 15) is 14.4 Å². The van der Waals surface area contributed by atoms with E-state index in [4.69, 9.17) is 0 Å². The number of aromatic nitrogens is 2. The summed E-state index contributed by atoms with van der Waals surface area (Å²) in [7, 11) is 0. The number of fused-ring (bicyclic) bond motifs is 2. The minimum atomic E-state index is -0.672. The van der Waals surface area contributed by atoms with Gasteiger partial charge in [0, 0.05) is 75.9 Å². The minimum Gasteiger partial charge on any atom is -0.338 e. The Morgan fingerprint density at radius 3 is 2.49 bits per heavy atom. The van der Waals surface area contributed by atoms with Gasteiger partial charge in [-0.3, -0.25) is 14.8 Å². The van der Waals surface area contributed by atoms with Crippen LogP contribution in [0.25, 0.3) is 10.9 Å². The van der Waals surface area contributed by atoms with Crippen molar-refractivity contribution in [2.24, 2.45) is 5.92 Å². The molecule has 0 bridgehead atoms. The molecule has 3 aliphatic rings. The molecule has 0 aliphatic carbocycles. The van der Waals surface area contributed by atoms with Crippen LogP contribution >= 0.6 is 0 Å². The van der Waals surface area contributed by atoms with Gasteiger partial charge in [0.1, 0.15) is 6.04 Å². The van der Waals surface area contributed by atoms with Crippen LogP contribution in [0, 0.1) is 5.92 Å². The molecule has 45 heavy (non-hydrogen) atoms. The number of anilines is 1. The number of nitrogens with zero attached hydrogens (tertiary/aromatic N) is 5. The molecule has 0 spiro atoms. The van der Waals surface area contributed by atoms with Crippen LogP contribution < -0.4 is 10.6 Å². The molecule has 5 amide bonds. The number of benzene rings is 2.